The monoisotopic (exact) mass is 594 g/mol. The van der Waals surface area contributed by atoms with Crippen molar-refractivity contribution < 1.29 is 9.53 Å². The Bertz CT molecular complexity index is 1530. The van der Waals surface area contributed by atoms with Crippen LogP contribution in [0.1, 0.15) is 29.8 Å². The van der Waals surface area contributed by atoms with Crippen molar-refractivity contribution in [2.75, 3.05) is 60.4 Å². The third-order valence-electron chi connectivity index (χ3n) is 8.05. The molecular formula is C29H32Cl2N8O2. The number of amides is 1. The third-order valence-corrected chi connectivity index (χ3v) is 8.66. The largest absolute Gasteiger partial charge is 0.494 e. The van der Waals surface area contributed by atoms with Crippen molar-refractivity contribution in [3.8, 4) is 5.75 Å². The van der Waals surface area contributed by atoms with Crippen molar-refractivity contribution in [2.24, 2.45) is 4.99 Å². The van der Waals surface area contributed by atoms with Gasteiger partial charge >= 0.3 is 0 Å². The summed E-state index contributed by atoms with van der Waals surface area (Å²) in [6, 6.07) is 10.0. The Morgan fingerprint density at radius 3 is 2.46 bits per heavy atom. The lowest BCUT2D eigenvalue weighted by Crippen LogP contribution is -2.55. The van der Waals surface area contributed by atoms with Crippen LogP contribution in [-0.4, -0.2) is 79.2 Å². The molecule has 1 fully saturated rings. The number of hydrogen-bond acceptors (Lipinski definition) is 9. The van der Waals surface area contributed by atoms with Gasteiger partial charge in [0.2, 0.25) is 11.9 Å². The molecule has 41 heavy (non-hydrogen) atoms. The molecule has 1 amide bonds. The number of guanidine groups is 1. The zero-order valence-corrected chi connectivity index (χ0v) is 25.2. The molecule has 1 saturated heterocycles. The number of fused-ring (bicyclic) bond motifs is 3. The van der Waals surface area contributed by atoms with E-state index in [9.17, 15) is 4.79 Å². The second kappa shape index (κ2) is 10.7. The van der Waals surface area contributed by atoms with E-state index in [1.165, 1.54) is 11.1 Å². The van der Waals surface area contributed by atoms with Crippen LogP contribution in [0.4, 0.5) is 28.8 Å². The minimum absolute atomic E-state index is 0.337. The fourth-order valence-corrected chi connectivity index (χ4v) is 6.40. The van der Waals surface area contributed by atoms with E-state index in [-0.39, 0.29) is 5.91 Å². The molecule has 0 spiro atoms. The standard InChI is InChI=1S/C29H32Cl2N8O2/c1-16-11-19(12-23(41-5)24(16)37-14-17(2)36(4)18(3)15-37)34-28-33-13-20-26(35-28)38-10-9-32-29(38)39(27(20)40)25-21(30)7-6-8-22(25)31/h6-8,11-13,17-18H,9-10,14-15H2,1-5H3,(H,33,34,35)/t17-,18+. The predicted octanol–water partition coefficient (Wildman–Crippen LogP) is 5.21. The fourth-order valence-electron chi connectivity index (χ4n) is 5.83. The summed E-state index contributed by atoms with van der Waals surface area (Å²) in [6.07, 6.45) is 1.53. The lowest BCUT2D eigenvalue weighted by molar-refractivity contribution is 0.1000. The molecule has 3 aliphatic heterocycles. The maximum absolute atomic E-state index is 13.7. The van der Waals surface area contributed by atoms with Gasteiger partial charge < -0.3 is 15.0 Å². The molecule has 214 valence electrons. The summed E-state index contributed by atoms with van der Waals surface area (Å²) in [7, 11) is 3.87. The topological polar surface area (TPSA) is 89.4 Å². The number of likely N-dealkylation sites (N-methyl/N-ethyl adjacent to an activating group) is 1. The number of nitrogens with zero attached hydrogens (tertiary/aromatic N) is 7. The second-order valence-corrected chi connectivity index (χ2v) is 11.5. The number of aliphatic imine (C=N–C) groups is 1. The van der Waals surface area contributed by atoms with E-state index in [2.05, 4.69) is 59.0 Å². The van der Waals surface area contributed by atoms with Crippen LogP contribution in [0.3, 0.4) is 0 Å². The number of benzene rings is 2. The van der Waals surface area contributed by atoms with Crippen LogP contribution in [0.25, 0.3) is 0 Å². The van der Waals surface area contributed by atoms with E-state index in [4.69, 9.17) is 32.9 Å². The third kappa shape index (κ3) is 4.73. The number of nitrogens with one attached hydrogen (secondary N) is 1. The smallest absolute Gasteiger partial charge is 0.270 e. The van der Waals surface area contributed by atoms with Gasteiger partial charge in [0.1, 0.15) is 11.3 Å². The maximum Gasteiger partial charge on any atom is 0.270 e. The van der Waals surface area contributed by atoms with E-state index in [1.807, 2.05) is 11.0 Å². The number of piperazine rings is 1. The minimum Gasteiger partial charge on any atom is -0.494 e. The van der Waals surface area contributed by atoms with Gasteiger partial charge in [-0.2, -0.15) is 4.98 Å². The first-order chi connectivity index (χ1) is 19.7. The first kappa shape index (κ1) is 27.6. The van der Waals surface area contributed by atoms with Crippen molar-refractivity contribution in [3.05, 3.63) is 57.7 Å². The van der Waals surface area contributed by atoms with Crippen molar-refractivity contribution in [3.63, 3.8) is 0 Å². The Balaban J connectivity index is 1.31. The van der Waals surface area contributed by atoms with Crippen LogP contribution >= 0.6 is 23.2 Å². The molecule has 0 saturated carbocycles. The molecule has 0 bridgehead atoms. The Hall–Kier alpha value is -3.60. The average Bonchev–Trinajstić information content (AvgIpc) is 3.42. The van der Waals surface area contributed by atoms with Gasteiger partial charge in [0.15, 0.2) is 5.82 Å². The number of hydrogen-bond donors (Lipinski definition) is 1. The average molecular weight is 596 g/mol. The lowest BCUT2D eigenvalue weighted by atomic mass is 10.0. The molecule has 1 N–H and O–H groups in total. The van der Waals surface area contributed by atoms with Crippen LogP contribution in [0.2, 0.25) is 10.0 Å². The number of methoxy groups -OCH3 is 1. The first-order valence-corrected chi connectivity index (χ1v) is 14.3. The summed E-state index contributed by atoms with van der Waals surface area (Å²) in [5.41, 5.74) is 3.71. The molecule has 6 rings (SSSR count). The highest BCUT2D eigenvalue weighted by Crippen LogP contribution is 2.41. The Morgan fingerprint density at radius 2 is 1.78 bits per heavy atom. The van der Waals surface area contributed by atoms with Crippen molar-refractivity contribution in [1.82, 2.24) is 14.9 Å². The van der Waals surface area contributed by atoms with Gasteiger partial charge in [-0.15, -0.1) is 0 Å². The number of aryl methyl sites for hydroxylation is 1. The quantitative estimate of drug-likeness (QED) is 0.430. The van der Waals surface area contributed by atoms with Gasteiger partial charge in [-0.3, -0.25) is 19.6 Å². The molecule has 1 aromatic heterocycles. The number of ether oxygens (including phenoxy) is 1. The number of para-hydroxylation sites is 1. The molecule has 10 nitrogen and oxygen atoms in total. The number of carbonyl (C=O) groups is 1. The summed E-state index contributed by atoms with van der Waals surface area (Å²) >= 11 is 12.9. The van der Waals surface area contributed by atoms with E-state index in [0.29, 0.717) is 64.2 Å². The van der Waals surface area contributed by atoms with Crippen LogP contribution < -0.4 is 24.8 Å². The van der Waals surface area contributed by atoms with Gasteiger partial charge in [0, 0.05) is 49.7 Å². The summed E-state index contributed by atoms with van der Waals surface area (Å²) in [6.45, 7) is 9.49. The molecule has 2 atom stereocenters. The Kier molecular flexibility index (Phi) is 7.17. The summed E-state index contributed by atoms with van der Waals surface area (Å²) in [5.74, 6) is 1.74. The maximum atomic E-state index is 13.7. The molecule has 0 unspecified atom stereocenters. The molecule has 12 heteroatoms. The van der Waals surface area contributed by atoms with Crippen molar-refractivity contribution in [2.45, 2.75) is 32.9 Å². The van der Waals surface area contributed by atoms with E-state index >= 15 is 0 Å². The number of halogens is 2. The van der Waals surface area contributed by atoms with Gasteiger partial charge in [-0.25, -0.2) is 9.88 Å². The molecule has 3 aliphatic rings. The number of rotatable bonds is 5. The second-order valence-electron chi connectivity index (χ2n) is 10.7. The summed E-state index contributed by atoms with van der Waals surface area (Å²) in [5, 5.41) is 4.03. The number of anilines is 5. The molecule has 4 heterocycles. The van der Waals surface area contributed by atoms with Crippen molar-refractivity contribution in [1.29, 1.82) is 0 Å². The highest BCUT2D eigenvalue weighted by Gasteiger charge is 2.41. The lowest BCUT2D eigenvalue weighted by Gasteiger charge is -2.44. The minimum atomic E-state index is -0.337. The van der Waals surface area contributed by atoms with Crippen LogP contribution in [0.5, 0.6) is 5.75 Å². The SMILES string of the molecule is COc1cc(Nc2ncc3c(n2)N2CCN=C2N(c2c(Cl)cccc2Cl)C3=O)cc(C)c1N1C[C@@H](C)N(C)[C@@H](C)C1. The first-order valence-electron chi connectivity index (χ1n) is 13.6. The molecule has 2 aromatic carbocycles. The number of carbonyl (C=O) groups excluding carboxylic acids is 1. The zero-order chi connectivity index (χ0) is 29.0. The summed E-state index contributed by atoms with van der Waals surface area (Å²) in [4.78, 5) is 35.7. The van der Waals surface area contributed by atoms with Crippen LogP contribution in [-0.2, 0) is 0 Å². The van der Waals surface area contributed by atoms with Gasteiger partial charge in [-0.1, -0.05) is 29.3 Å². The van der Waals surface area contributed by atoms with Crippen LogP contribution in [0.15, 0.2) is 41.5 Å². The molecule has 3 aromatic rings. The molecule has 0 radical (unpaired) electrons. The summed E-state index contributed by atoms with van der Waals surface area (Å²) < 4.78 is 5.86. The predicted molar refractivity (Wildman–Crippen MR) is 165 cm³/mol. The van der Waals surface area contributed by atoms with E-state index in [1.54, 1.807) is 25.3 Å². The van der Waals surface area contributed by atoms with E-state index < -0.39 is 0 Å². The van der Waals surface area contributed by atoms with Gasteiger partial charge in [0.05, 0.1) is 35.1 Å². The van der Waals surface area contributed by atoms with E-state index in [0.717, 1.165) is 35.8 Å². The van der Waals surface area contributed by atoms with Gasteiger partial charge in [-0.05, 0) is 51.6 Å². The highest BCUT2D eigenvalue weighted by molar-refractivity contribution is 6.43. The molecule has 0 aliphatic carbocycles. The Morgan fingerprint density at radius 1 is 1.07 bits per heavy atom. The Labute approximate surface area is 249 Å². The fraction of sp³-hybridized carbons (Fsp3) is 0.379. The van der Waals surface area contributed by atoms with Crippen molar-refractivity contribution >= 4 is 63.9 Å². The molecular weight excluding hydrogens is 563 g/mol. The zero-order valence-electron chi connectivity index (χ0n) is 23.7. The normalized spacial score (nSPS) is 20.6. The highest BCUT2D eigenvalue weighted by atomic mass is 35.5. The number of aromatic nitrogens is 2. The van der Waals surface area contributed by atoms with Gasteiger partial charge in [0.25, 0.3) is 5.91 Å². The van der Waals surface area contributed by atoms with Crippen LogP contribution in [0, 0.1) is 6.92 Å².